The van der Waals surface area contributed by atoms with Crippen LogP contribution in [0.25, 0.3) is 0 Å². The number of benzene rings is 1. The molecule has 2 amide bonds. The fourth-order valence-electron chi connectivity index (χ4n) is 2.62. The second kappa shape index (κ2) is 7.57. The molecule has 2 aromatic rings. The van der Waals surface area contributed by atoms with Crippen LogP contribution in [-0.2, 0) is 19.1 Å². The number of nitrogens with zero attached hydrogens (tertiary/aromatic N) is 2. The molecule has 1 N–H and O–H groups in total. The van der Waals surface area contributed by atoms with Crippen molar-refractivity contribution in [3.63, 3.8) is 0 Å². The number of halogens is 1. The monoisotopic (exact) mass is 377 g/mol. The number of nitrogens with one attached hydrogen (secondary N) is 1. The molecule has 1 aliphatic heterocycles. The Morgan fingerprint density at radius 2 is 2.23 bits per heavy atom. The van der Waals surface area contributed by atoms with Crippen LogP contribution in [0.5, 0.6) is 0 Å². The highest BCUT2D eigenvalue weighted by Gasteiger charge is 2.36. The molecule has 136 valence electrons. The quantitative estimate of drug-likeness (QED) is 0.801. The third-order valence-electron chi connectivity index (χ3n) is 3.82. The van der Waals surface area contributed by atoms with Gasteiger partial charge in [-0.1, -0.05) is 22.8 Å². The highest BCUT2D eigenvalue weighted by Crippen LogP contribution is 2.27. The van der Waals surface area contributed by atoms with E-state index >= 15 is 0 Å². The number of amides is 2. The summed E-state index contributed by atoms with van der Waals surface area (Å²) in [7, 11) is 0. The largest absolute Gasteiger partial charge is 0.455 e. The van der Waals surface area contributed by atoms with Gasteiger partial charge < -0.3 is 19.5 Å². The number of aryl methyl sites for hydroxylation is 1. The van der Waals surface area contributed by atoms with Gasteiger partial charge in [-0.3, -0.25) is 14.4 Å². The lowest BCUT2D eigenvalue weighted by Gasteiger charge is -2.16. The van der Waals surface area contributed by atoms with Crippen LogP contribution in [0.4, 0.5) is 11.5 Å². The summed E-state index contributed by atoms with van der Waals surface area (Å²) in [6.45, 7) is 1.40. The van der Waals surface area contributed by atoms with E-state index in [4.69, 9.17) is 20.9 Å². The van der Waals surface area contributed by atoms with Crippen LogP contribution in [-0.4, -0.2) is 36.1 Å². The summed E-state index contributed by atoms with van der Waals surface area (Å²) in [4.78, 5) is 37.6. The summed E-state index contributed by atoms with van der Waals surface area (Å²) in [6, 6.07) is 8.36. The number of carbonyl (C=O) groups excluding carboxylic acids is 3. The van der Waals surface area contributed by atoms with E-state index in [2.05, 4.69) is 10.5 Å². The number of rotatable bonds is 5. The molecule has 3 rings (SSSR count). The number of anilines is 2. The number of hydrogen-bond donors (Lipinski definition) is 1. The number of carbonyl (C=O) groups is 3. The van der Waals surface area contributed by atoms with E-state index in [0.29, 0.717) is 16.5 Å². The minimum atomic E-state index is -0.636. The van der Waals surface area contributed by atoms with Gasteiger partial charge in [0.05, 0.1) is 5.92 Å². The zero-order chi connectivity index (χ0) is 18.7. The van der Waals surface area contributed by atoms with Gasteiger partial charge in [0.15, 0.2) is 12.4 Å². The zero-order valence-electron chi connectivity index (χ0n) is 13.9. The van der Waals surface area contributed by atoms with Crippen molar-refractivity contribution in [2.24, 2.45) is 5.92 Å². The van der Waals surface area contributed by atoms with Crippen molar-refractivity contribution in [2.45, 2.75) is 13.3 Å². The van der Waals surface area contributed by atoms with Crippen molar-refractivity contribution in [1.82, 2.24) is 5.16 Å². The molecule has 26 heavy (non-hydrogen) atoms. The number of esters is 1. The van der Waals surface area contributed by atoms with Crippen LogP contribution in [0.1, 0.15) is 12.2 Å². The van der Waals surface area contributed by atoms with Crippen molar-refractivity contribution in [2.75, 3.05) is 23.4 Å². The summed E-state index contributed by atoms with van der Waals surface area (Å²) in [5.74, 6) is -1.19. The first-order chi connectivity index (χ1) is 12.4. The van der Waals surface area contributed by atoms with Crippen LogP contribution in [0.2, 0.25) is 5.02 Å². The molecule has 1 saturated heterocycles. The molecular weight excluding hydrogens is 362 g/mol. The van der Waals surface area contributed by atoms with Crippen LogP contribution in [0.3, 0.4) is 0 Å². The Balaban J connectivity index is 1.52. The molecule has 0 aliphatic carbocycles. The zero-order valence-corrected chi connectivity index (χ0v) is 14.7. The molecule has 1 fully saturated rings. The van der Waals surface area contributed by atoms with Gasteiger partial charge in [0.25, 0.3) is 5.91 Å². The van der Waals surface area contributed by atoms with Gasteiger partial charge in [0, 0.05) is 29.7 Å². The molecule has 1 aromatic carbocycles. The Morgan fingerprint density at radius 3 is 2.92 bits per heavy atom. The third kappa shape index (κ3) is 4.20. The fourth-order valence-corrected chi connectivity index (χ4v) is 2.80. The third-order valence-corrected chi connectivity index (χ3v) is 4.05. The Hall–Kier alpha value is -2.87. The second-order valence-corrected chi connectivity index (χ2v) is 6.30. The predicted molar refractivity (Wildman–Crippen MR) is 92.7 cm³/mol. The van der Waals surface area contributed by atoms with Crippen molar-refractivity contribution < 1.29 is 23.6 Å². The molecule has 0 radical (unpaired) electrons. The lowest BCUT2D eigenvalue weighted by Crippen LogP contribution is -2.28. The Bertz CT molecular complexity index is 850. The first kappa shape index (κ1) is 17.9. The number of ether oxygens (including phenoxy) is 1. The first-order valence-electron chi connectivity index (χ1n) is 7.88. The standard InChI is InChI=1S/C17H16ClN3O5/c1-10-5-14(20-26-10)19-15(22)9-25-17(24)11-6-16(23)21(8-11)13-4-2-3-12(18)7-13/h2-5,7,11H,6,8-9H2,1H3,(H,19,20,22)/t11-/m1/s1. The maximum absolute atomic E-state index is 12.2. The van der Waals surface area contributed by atoms with Gasteiger partial charge in [-0.05, 0) is 25.1 Å². The minimum absolute atomic E-state index is 0.0233. The Labute approximate surface area is 154 Å². The second-order valence-electron chi connectivity index (χ2n) is 5.86. The molecule has 1 atom stereocenters. The highest BCUT2D eigenvalue weighted by molar-refractivity contribution is 6.31. The SMILES string of the molecule is Cc1cc(NC(=O)COC(=O)[C@@H]2CC(=O)N(c3cccc(Cl)c3)C2)no1. The maximum atomic E-state index is 12.2. The van der Waals surface area contributed by atoms with Gasteiger partial charge in [-0.25, -0.2) is 0 Å². The summed E-state index contributed by atoms with van der Waals surface area (Å²) in [5, 5.41) is 6.56. The Morgan fingerprint density at radius 1 is 1.42 bits per heavy atom. The summed E-state index contributed by atoms with van der Waals surface area (Å²) >= 11 is 5.94. The average molecular weight is 378 g/mol. The molecule has 9 heteroatoms. The lowest BCUT2D eigenvalue weighted by atomic mass is 10.1. The normalized spacial score (nSPS) is 16.6. The molecule has 8 nitrogen and oxygen atoms in total. The molecule has 1 aromatic heterocycles. The van der Waals surface area contributed by atoms with Gasteiger partial charge >= 0.3 is 5.97 Å². The highest BCUT2D eigenvalue weighted by atomic mass is 35.5. The molecule has 0 bridgehead atoms. The molecular formula is C17H16ClN3O5. The van der Waals surface area contributed by atoms with Crippen LogP contribution >= 0.6 is 11.6 Å². The first-order valence-corrected chi connectivity index (χ1v) is 8.26. The van der Waals surface area contributed by atoms with E-state index in [1.54, 1.807) is 31.2 Å². The topological polar surface area (TPSA) is 102 Å². The van der Waals surface area contributed by atoms with E-state index in [-0.39, 0.29) is 24.7 Å². The van der Waals surface area contributed by atoms with E-state index in [9.17, 15) is 14.4 Å². The smallest absolute Gasteiger partial charge is 0.311 e. The molecule has 0 spiro atoms. The van der Waals surface area contributed by atoms with Gasteiger partial charge in [0.1, 0.15) is 5.76 Å². The van der Waals surface area contributed by atoms with Crippen LogP contribution in [0.15, 0.2) is 34.9 Å². The number of hydrogen-bond acceptors (Lipinski definition) is 6. The van der Waals surface area contributed by atoms with Crippen molar-refractivity contribution in [3.8, 4) is 0 Å². The van der Waals surface area contributed by atoms with E-state index < -0.39 is 24.4 Å². The van der Waals surface area contributed by atoms with Crippen molar-refractivity contribution in [1.29, 1.82) is 0 Å². The van der Waals surface area contributed by atoms with E-state index in [0.717, 1.165) is 0 Å². The molecule has 2 heterocycles. The van der Waals surface area contributed by atoms with Crippen LogP contribution < -0.4 is 10.2 Å². The average Bonchev–Trinajstić information content (AvgIpc) is 3.18. The fraction of sp³-hybridized carbons (Fsp3) is 0.294. The summed E-state index contributed by atoms with van der Waals surface area (Å²) < 4.78 is 9.83. The molecule has 1 aliphatic rings. The predicted octanol–water partition coefficient (Wildman–Crippen LogP) is 2.17. The lowest BCUT2D eigenvalue weighted by molar-refractivity contribution is -0.151. The number of aromatic nitrogens is 1. The summed E-state index contributed by atoms with van der Waals surface area (Å²) in [6.07, 6.45) is 0.0233. The summed E-state index contributed by atoms with van der Waals surface area (Å²) in [5.41, 5.74) is 0.622. The van der Waals surface area contributed by atoms with Gasteiger partial charge in [-0.15, -0.1) is 0 Å². The van der Waals surface area contributed by atoms with Crippen molar-refractivity contribution in [3.05, 3.63) is 41.1 Å². The van der Waals surface area contributed by atoms with E-state index in [1.165, 1.54) is 11.0 Å². The maximum Gasteiger partial charge on any atom is 0.311 e. The van der Waals surface area contributed by atoms with Gasteiger partial charge in [-0.2, -0.15) is 0 Å². The Kier molecular flexibility index (Phi) is 5.22. The van der Waals surface area contributed by atoms with Crippen LogP contribution in [0, 0.1) is 12.8 Å². The van der Waals surface area contributed by atoms with Gasteiger partial charge in [0.2, 0.25) is 5.91 Å². The molecule has 0 unspecified atom stereocenters. The van der Waals surface area contributed by atoms with Crippen molar-refractivity contribution >= 4 is 40.9 Å². The van der Waals surface area contributed by atoms with E-state index in [1.807, 2.05) is 0 Å². The molecule has 0 saturated carbocycles. The minimum Gasteiger partial charge on any atom is -0.455 e.